The molecule has 4 N–H and O–H groups in total. The zero-order valence-electron chi connectivity index (χ0n) is 32.6. The first kappa shape index (κ1) is 47.4. The highest BCUT2D eigenvalue weighted by atomic mass is 16.3. The maximum atomic E-state index is 12.4. The summed E-state index contributed by atoms with van der Waals surface area (Å²) in [6.07, 6.45) is 43.6. The molecule has 0 rings (SSSR count). The van der Waals surface area contributed by atoms with Gasteiger partial charge in [-0.3, -0.25) is 4.79 Å². The van der Waals surface area contributed by atoms with Gasteiger partial charge in [0.1, 0.15) is 0 Å². The van der Waals surface area contributed by atoms with Gasteiger partial charge in [-0.25, -0.2) is 0 Å². The van der Waals surface area contributed by atoms with E-state index in [1.165, 1.54) is 186 Å². The van der Waals surface area contributed by atoms with Crippen molar-refractivity contribution in [3.8, 4) is 0 Å². The second-order valence-electron chi connectivity index (χ2n) is 15.3. The van der Waals surface area contributed by atoms with Crippen molar-refractivity contribution in [1.29, 1.82) is 0 Å². The molecular formula is C43H87NO4. The first-order valence-corrected chi connectivity index (χ1v) is 21.8. The first-order chi connectivity index (χ1) is 23.5. The molecule has 288 valence electrons. The van der Waals surface area contributed by atoms with E-state index in [0.717, 1.165) is 25.7 Å². The van der Waals surface area contributed by atoms with E-state index >= 15 is 0 Å². The lowest BCUT2D eigenvalue weighted by molar-refractivity contribution is -0.125. The first-order valence-electron chi connectivity index (χ1n) is 21.8. The summed E-state index contributed by atoms with van der Waals surface area (Å²) in [5, 5.41) is 33.3. The van der Waals surface area contributed by atoms with Gasteiger partial charge in [0, 0.05) is 0 Å². The van der Waals surface area contributed by atoms with Crippen LogP contribution < -0.4 is 5.32 Å². The van der Waals surface area contributed by atoms with Crippen molar-refractivity contribution in [3.05, 3.63) is 0 Å². The molecule has 0 fully saturated rings. The van der Waals surface area contributed by atoms with Crippen LogP contribution in [0, 0.1) is 0 Å². The molecular weight excluding hydrogens is 594 g/mol. The second-order valence-corrected chi connectivity index (χ2v) is 15.3. The number of unbranched alkanes of at least 4 members (excludes halogenated alkanes) is 31. The van der Waals surface area contributed by atoms with Crippen LogP contribution >= 0.6 is 0 Å². The van der Waals surface area contributed by atoms with E-state index in [2.05, 4.69) is 19.2 Å². The van der Waals surface area contributed by atoms with Crippen molar-refractivity contribution in [2.45, 2.75) is 263 Å². The summed E-state index contributed by atoms with van der Waals surface area (Å²) in [7, 11) is 0. The molecule has 0 saturated carbocycles. The Morgan fingerprint density at radius 2 is 0.708 bits per heavy atom. The van der Waals surface area contributed by atoms with Crippen molar-refractivity contribution in [2.75, 3.05) is 6.61 Å². The molecule has 0 spiro atoms. The molecule has 0 heterocycles. The molecule has 48 heavy (non-hydrogen) atoms. The molecule has 0 bridgehead atoms. The van der Waals surface area contributed by atoms with Crippen LogP contribution in [0.4, 0.5) is 0 Å². The summed E-state index contributed by atoms with van der Waals surface area (Å²) < 4.78 is 0. The molecule has 0 aromatic carbocycles. The Morgan fingerprint density at radius 1 is 0.438 bits per heavy atom. The summed E-state index contributed by atoms with van der Waals surface area (Å²) in [6.45, 7) is 4.27. The molecule has 0 saturated heterocycles. The van der Waals surface area contributed by atoms with Gasteiger partial charge in [0.05, 0.1) is 31.3 Å². The number of amides is 1. The number of nitrogens with one attached hydrogen (secondary N) is 1. The number of hydrogen-bond acceptors (Lipinski definition) is 4. The van der Waals surface area contributed by atoms with E-state index < -0.39 is 18.2 Å². The van der Waals surface area contributed by atoms with Gasteiger partial charge in [-0.2, -0.15) is 0 Å². The van der Waals surface area contributed by atoms with Crippen LogP contribution in [0.15, 0.2) is 0 Å². The number of hydrogen-bond donors (Lipinski definition) is 4. The third-order valence-electron chi connectivity index (χ3n) is 10.4. The normalized spacial score (nSPS) is 13.5. The Bertz CT molecular complexity index is 630. The van der Waals surface area contributed by atoms with E-state index in [4.69, 9.17) is 0 Å². The molecule has 0 aromatic rings. The van der Waals surface area contributed by atoms with Crippen LogP contribution in [0.5, 0.6) is 0 Å². The van der Waals surface area contributed by atoms with Crippen LogP contribution in [0.25, 0.3) is 0 Å². The fraction of sp³-hybridized carbons (Fsp3) is 0.977. The average Bonchev–Trinajstić information content (AvgIpc) is 3.08. The van der Waals surface area contributed by atoms with Crippen molar-refractivity contribution in [3.63, 3.8) is 0 Å². The minimum absolute atomic E-state index is 0.0423. The molecule has 1 amide bonds. The van der Waals surface area contributed by atoms with Gasteiger partial charge in [0.15, 0.2) is 0 Å². The largest absolute Gasteiger partial charge is 0.394 e. The predicted octanol–water partition coefficient (Wildman–Crippen LogP) is 12.3. The van der Waals surface area contributed by atoms with Crippen LogP contribution in [-0.2, 0) is 4.79 Å². The Kier molecular flexibility index (Phi) is 38.6. The van der Waals surface area contributed by atoms with Crippen molar-refractivity contribution >= 4 is 5.91 Å². The van der Waals surface area contributed by atoms with Crippen molar-refractivity contribution in [1.82, 2.24) is 5.32 Å². The van der Waals surface area contributed by atoms with E-state index in [-0.39, 0.29) is 18.9 Å². The summed E-state index contributed by atoms with van der Waals surface area (Å²) in [5.41, 5.74) is 0. The Labute approximate surface area is 300 Å². The van der Waals surface area contributed by atoms with Crippen molar-refractivity contribution in [2.24, 2.45) is 0 Å². The smallest absolute Gasteiger partial charge is 0.222 e. The number of aliphatic hydroxyl groups is 3. The lowest BCUT2D eigenvalue weighted by atomic mass is 10.0. The molecule has 5 nitrogen and oxygen atoms in total. The van der Waals surface area contributed by atoms with Gasteiger partial charge < -0.3 is 20.6 Å². The maximum Gasteiger partial charge on any atom is 0.222 e. The second kappa shape index (κ2) is 39.1. The highest BCUT2D eigenvalue weighted by molar-refractivity contribution is 5.76. The highest BCUT2D eigenvalue weighted by Crippen LogP contribution is 2.17. The SMILES string of the molecule is CCCCCCCCCCCCCCCCCCCCCCCC(O)C(CO)NC(=O)CC(O)CCCCCCCCCCCCCC. The number of carbonyl (C=O) groups excluding carboxylic acids is 1. The molecule has 0 aliphatic heterocycles. The lowest BCUT2D eigenvalue weighted by Crippen LogP contribution is -2.46. The van der Waals surface area contributed by atoms with Gasteiger partial charge in [-0.05, 0) is 12.8 Å². The minimum Gasteiger partial charge on any atom is -0.394 e. The summed E-state index contributed by atoms with van der Waals surface area (Å²) in [6, 6.07) is -0.651. The summed E-state index contributed by atoms with van der Waals surface area (Å²) in [5.74, 6) is -0.279. The summed E-state index contributed by atoms with van der Waals surface area (Å²) >= 11 is 0. The number of rotatable bonds is 40. The number of aliphatic hydroxyl groups excluding tert-OH is 3. The minimum atomic E-state index is -0.743. The average molecular weight is 682 g/mol. The van der Waals surface area contributed by atoms with Gasteiger partial charge >= 0.3 is 0 Å². The zero-order chi connectivity index (χ0) is 35.2. The standard InChI is InChI=1S/C43H87NO4/c1-3-5-7-9-11-13-15-17-18-19-20-21-22-23-24-25-27-29-31-33-35-37-42(47)41(39-45)44-43(48)38-40(46)36-34-32-30-28-26-16-14-12-10-8-6-4-2/h40-42,45-47H,3-39H2,1-2H3,(H,44,48). The fourth-order valence-corrected chi connectivity index (χ4v) is 7.05. The van der Waals surface area contributed by atoms with Gasteiger partial charge in [0.25, 0.3) is 0 Å². The van der Waals surface area contributed by atoms with Gasteiger partial charge in [-0.1, -0.05) is 226 Å². The van der Waals surface area contributed by atoms with Crippen LogP contribution in [0.3, 0.4) is 0 Å². The summed E-state index contributed by atoms with van der Waals surface area (Å²) in [4.78, 5) is 12.4. The molecule has 3 unspecified atom stereocenters. The predicted molar refractivity (Wildman–Crippen MR) is 209 cm³/mol. The molecule has 5 heteroatoms. The molecule has 0 aliphatic carbocycles. The quantitative estimate of drug-likeness (QED) is 0.0485. The van der Waals surface area contributed by atoms with Crippen LogP contribution in [0.2, 0.25) is 0 Å². The lowest BCUT2D eigenvalue weighted by Gasteiger charge is -2.23. The van der Waals surface area contributed by atoms with E-state index in [1.54, 1.807) is 0 Å². The highest BCUT2D eigenvalue weighted by Gasteiger charge is 2.21. The Balaban J connectivity index is 3.56. The van der Waals surface area contributed by atoms with E-state index in [9.17, 15) is 20.1 Å². The third kappa shape index (κ3) is 35.2. The molecule has 0 radical (unpaired) electrons. The number of carbonyl (C=O) groups is 1. The molecule has 0 aliphatic rings. The topological polar surface area (TPSA) is 89.8 Å². The van der Waals surface area contributed by atoms with Crippen LogP contribution in [0.1, 0.15) is 245 Å². The van der Waals surface area contributed by atoms with Crippen LogP contribution in [-0.4, -0.2) is 46.1 Å². The maximum absolute atomic E-state index is 12.4. The molecule has 0 aromatic heterocycles. The monoisotopic (exact) mass is 682 g/mol. The Morgan fingerprint density at radius 3 is 1.00 bits per heavy atom. The van der Waals surface area contributed by atoms with Crippen molar-refractivity contribution < 1.29 is 20.1 Å². The zero-order valence-corrected chi connectivity index (χ0v) is 32.6. The fourth-order valence-electron chi connectivity index (χ4n) is 7.05. The van der Waals surface area contributed by atoms with E-state index in [0.29, 0.717) is 12.8 Å². The Hall–Kier alpha value is -0.650. The van der Waals surface area contributed by atoms with E-state index in [1.807, 2.05) is 0 Å². The molecule has 3 atom stereocenters. The van der Waals surface area contributed by atoms with Gasteiger partial charge in [0.2, 0.25) is 5.91 Å². The third-order valence-corrected chi connectivity index (χ3v) is 10.4. The van der Waals surface area contributed by atoms with Gasteiger partial charge in [-0.15, -0.1) is 0 Å².